The molecule has 0 unspecified atom stereocenters. The molecule has 1 aliphatic heterocycles. The summed E-state index contributed by atoms with van der Waals surface area (Å²) in [6.07, 6.45) is 0. The van der Waals surface area contributed by atoms with Crippen LogP contribution in [0.25, 0.3) is 0 Å². The monoisotopic (exact) mass is 340 g/mol. The van der Waals surface area contributed by atoms with Crippen molar-refractivity contribution in [2.45, 2.75) is 50.4 Å². The first-order valence-corrected chi connectivity index (χ1v) is 9.60. The standard InChI is InChI=1S/C20H25BO2S/c1-19(2)20(3,4)23-21(22-19)18-13-9-8-12-17(18)15-24-14-16-10-6-5-7-11-16/h5-13H,14-15H2,1-4H3. The third-order valence-corrected chi connectivity index (χ3v) is 5.98. The lowest BCUT2D eigenvalue weighted by atomic mass is 9.76. The predicted octanol–water partition coefficient (Wildman–Crippen LogP) is 4.42. The zero-order chi connectivity index (χ0) is 17.2. The molecule has 1 heterocycles. The Morgan fingerprint density at radius 2 is 1.38 bits per heavy atom. The molecule has 2 aromatic carbocycles. The van der Waals surface area contributed by atoms with Gasteiger partial charge in [-0.05, 0) is 44.3 Å². The normalized spacial score (nSPS) is 18.8. The summed E-state index contributed by atoms with van der Waals surface area (Å²) in [5.41, 5.74) is 3.19. The summed E-state index contributed by atoms with van der Waals surface area (Å²) in [6, 6.07) is 19.0. The minimum Gasteiger partial charge on any atom is -0.399 e. The number of rotatable bonds is 5. The summed E-state index contributed by atoms with van der Waals surface area (Å²) in [6.45, 7) is 8.39. The van der Waals surface area contributed by atoms with Crippen LogP contribution in [-0.2, 0) is 20.8 Å². The molecule has 0 N–H and O–H groups in total. The fourth-order valence-electron chi connectivity index (χ4n) is 2.72. The van der Waals surface area contributed by atoms with Gasteiger partial charge in [0.15, 0.2) is 0 Å². The maximum Gasteiger partial charge on any atom is 0.495 e. The molecule has 2 aromatic rings. The summed E-state index contributed by atoms with van der Waals surface area (Å²) in [7, 11) is -0.288. The van der Waals surface area contributed by atoms with Gasteiger partial charge in [-0.2, -0.15) is 11.8 Å². The van der Waals surface area contributed by atoms with Gasteiger partial charge in [0.1, 0.15) is 0 Å². The Morgan fingerprint density at radius 1 is 0.792 bits per heavy atom. The minimum absolute atomic E-state index is 0.288. The van der Waals surface area contributed by atoms with Crippen LogP contribution in [0.2, 0.25) is 0 Å². The maximum atomic E-state index is 6.22. The third-order valence-electron chi connectivity index (χ3n) is 4.93. The second kappa shape index (κ2) is 6.95. The molecule has 0 aromatic heterocycles. The van der Waals surface area contributed by atoms with Crippen LogP contribution in [0.15, 0.2) is 54.6 Å². The molecule has 0 bridgehead atoms. The van der Waals surface area contributed by atoms with Crippen molar-refractivity contribution >= 4 is 24.3 Å². The number of thioether (sulfide) groups is 1. The molecular weight excluding hydrogens is 315 g/mol. The lowest BCUT2D eigenvalue weighted by Gasteiger charge is -2.32. The summed E-state index contributed by atoms with van der Waals surface area (Å²) in [5, 5.41) is 0. The van der Waals surface area contributed by atoms with E-state index in [9.17, 15) is 0 Å². The van der Waals surface area contributed by atoms with Crippen molar-refractivity contribution in [2.75, 3.05) is 0 Å². The number of hydrogen-bond donors (Lipinski definition) is 0. The quantitative estimate of drug-likeness (QED) is 0.751. The van der Waals surface area contributed by atoms with Gasteiger partial charge < -0.3 is 9.31 Å². The van der Waals surface area contributed by atoms with Crippen molar-refractivity contribution < 1.29 is 9.31 Å². The molecule has 4 heteroatoms. The topological polar surface area (TPSA) is 18.5 Å². The first kappa shape index (κ1) is 17.6. The smallest absolute Gasteiger partial charge is 0.399 e. The fraction of sp³-hybridized carbons (Fsp3) is 0.400. The van der Waals surface area contributed by atoms with E-state index in [1.165, 1.54) is 11.1 Å². The number of benzene rings is 2. The van der Waals surface area contributed by atoms with Gasteiger partial charge in [-0.1, -0.05) is 54.6 Å². The summed E-state index contributed by atoms with van der Waals surface area (Å²) in [4.78, 5) is 0. The van der Waals surface area contributed by atoms with Gasteiger partial charge in [-0.15, -0.1) is 0 Å². The van der Waals surface area contributed by atoms with E-state index in [1.54, 1.807) is 0 Å². The van der Waals surface area contributed by atoms with E-state index in [0.29, 0.717) is 0 Å². The van der Waals surface area contributed by atoms with E-state index >= 15 is 0 Å². The molecule has 0 atom stereocenters. The van der Waals surface area contributed by atoms with Crippen LogP contribution in [0.4, 0.5) is 0 Å². The fourth-order valence-corrected chi connectivity index (χ4v) is 3.73. The van der Waals surface area contributed by atoms with Crippen LogP contribution in [-0.4, -0.2) is 18.3 Å². The van der Waals surface area contributed by atoms with E-state index < -0.39 is 0 Å². The Morgan fingerprint density at radius 3 is 2.04 bits per heavy atom. The van der Waals surface area contributed by atoms with E-state index in [0.717, 1.165) is 17.0 Å². The molecule has 0 aliphatic carbocycles. The molecule has 126 valence electrons. The first-order valence-electron chi connectivity index (χ1n) is 8.44. The average Bonchev–Trinajstić information content (AvgIpc) is 2.77. The van der Waals surface area contributed by atoms with Crippen molar-refractivity contribution in [3.05, 3.63) is 65.7 Å². The molecule has 3 rings (SSSR count). The lowest BCUT2D eigenvalue weighted by Crippen LogP contribution is -2.41. The van der Waals surface area contributed by atoms with E-state index in [1.807, 2.05) is 11.8 Å². The van der Waals surface area contributed by atoms with Gasteiger partial charge in [0.2, 0.25) is 0 Å². The largest absolute Gasteiger partial charge is 0.495 e. The summed E-state index contributed by atoms with van der Waals surface area (Å²) in [5.74, 6) is 1.97. The van der Waals surface area contributed by atoms with Crippen LogP contribution < -0.4 is 5.46 Å². The van der Waals surface area contributed by atoms with Crippen molar-refractivity contribution in [1.29, 1.82) is 0 Å². The molecule has 0 spiro atoms. The molecule has 1 saturated heterocycles. The van der Waals surface area contributed by atoms with Crippen LogP contribution in [0.1, 0.15) is 38.8 Å². The van der Waals surface area contributed by atoms with Crippen LogP contribution in [0, 0.1) is 0 Å². The Bertz CT molecular complexity index is 669. The van der Waals surface area contributed by atoms with Gasteiger partial charge in [0.25, 0.3) is 0 Å². The molecular formula is C20H25BO2S. The third kappa shape index (κ3) is 3.71. The summed E-state index contributed by atoms with van der Waals surface area (Å²) < 4.78 is 12.4. The molecule has 1 aliphatic rings. The Labute approximate surface area is 150 Å². The molecule has 24 heavy (non-hydrogen) atoms. The zero-order valence-electron chi connectivity index (χ0n) is 14.9. The molecule has 0 amide bonds. The van der Waals surface area contributed by atoms with Crippen molar-refractivity contribution in [1.82, 2.24) is 0 Å². The maximum absolute atomic E-state index is 6.22. The minimum atomic E-state index is -0.304. The van der Waals surface area contributed by atoms with Crippen LogP contribution in [0.5, 0.6) is 0 Å². The highest BCUT2D eigenvalue weighted by molar-refractivity contribution is 7.97. The van der Waals surface area contributed by atoms with Crippen molar-refractivity contribution in [3.63, 3.8) is 0 Å². The molecule has 1 fully saturated rings. The van der Waals surface area contributed by atoms with Gasteiger partial charge in [0.05, 0.1) is 11.2 Å². The average molecular weight is 340 g/mol. The zero-order valence-corrected chi connectivity index (χ0v) is 15.7. The highest BCUT2D eigenvalue weighted by atomic mass is 32.2. The second-order valence-electron chi connectivity index (χ2n) is 7.27. The molecule has 0 radical (unpaired) electrons. The second-order valence-corrected chi connectivity index (χ2v) is 8.25. The molecule has 2 nitrogen and oxygen atoms in total. The first-order chi connectivity index (χ1) is 11.4. The van der Waals surface area contributed by atoms with Gasteiger partial charge >= 0.3 is 7.12 Å². The van der Waals surface area contributed by atoms with Gasteiger partial charge in [-0.3, -0.25) is 0 Å². The van der Waals surface area contributed by atoms with E-state index in [2.05, 4.69) is 82.3 Å². The Hall–Kier alpha value is -1.23. The molecule has 0 saturated carbocycles. The Kier molecular flexibility index (Phi) is 5.09. The van der Waals surface area contributed by atoms with Crippen molar-refractivity contribution in [3.8, 4) is 0 Å². The van der Waals surface area contributed by atoms with Gasteiger partial charge in [-0.25, -0.2) is 0 Å². The van der Waals surface area contributed by atoms with Gasteiger partial charge in [0, 0.05) is 11.5 Å². The SMILES string of the molecule is CC1(C)OB(c2ccccc2CSCc2ccccc2)OC1(C)C. The van der Waals surface area contributed by atoms with E-state index in [-0.39, 0.29) is 18.3 Å². The van der Waals surface area contributed by atoms with Crippen LogP contribution in [0.3, 0.4) is 0 Å². The highest BCUT2D eigenvalue weighted by Gasteiger charge is 2.52. The summed E-state index contributed by atoms with van der Waals surface area (Å²) >= 11 is 1.92. The predicted molar refractivity (Wildman–Crippen MR) is 104 cm³/mol. The van der Waals surface area contributed by atoms with E-state index in [4.69, 9.17) is 9.31 Å². The van der Waals surface area contributed by atoms with Crippen molar-refractivity contribution in [2.24, 2.45) is 0 Å². The number of hydrogen-bond acceptors (Lipinski definition) is 3. The lowest BCUT2D eigenvalue weighted by molar-refractivity contribution is 0.00578. The highest BCUT2D eigenvalue weighted by Crippen LogP contribution is 2.36. The van der Waals surface area contributed by atoms with Crippen LogP contribution >= 0.6 is 11.8 Å². The Balaban J connectivity index is 1.70.